The second kappa shape index (κ2) is 10.5. The smallest absolute Gasteiger partial charge is 0.248 e. The van der Waals surface area contributed by atoms with Gasteiger partial charge < -0.3 is 15.4 Å². The standard InChI is InChI=1S/C26H20ClN5O2/c1-2-34-24-13-22-21(12-23(24)32-25(33)10-5-17-4-3-11-29-15-17)26(18(14-28)16-30-22)31-20-8-6-19(27)7-9-20/h3-13,15-16H,2H2,1H3,(H,30,31)(H,32,33)/b10-5+. The molecule has 0 saturated heterocycles. The molecule has 4 aromatic rings. The number of nitriles is 1. The Morgan fingerprint density at radius 3 is 2.74 bits per heavy atom. The fourth-order valence-corrected chi connectivity index (χ4v) is 3.44. The number of halogens is 1. The van der Waals surface area contributed by atoms with Gasteiger partial charge in [-0.3, -0.25) is 14.8 Å². The van der Waals surface area contributed by atoms with Crippen LogP contribution in [0.1, 0.15) is 18.1 Å². The lowest BCUT2D eigenvalue weighted by Gasteiger charge is -2.16. The van der Waals surface area contributed by atoms with Gasteiger partial charge in [-0.05, 0) is 55.0 Å². The Morgan fingerprint density at radius 2 is 2.03 bits per heavy atom. The number of rotatable bonds is 7. The van der Waals surface area contributed by atoms with E-state index in [4.69, 9.17) is 16.3 Å². The Labute approximate surface area is 201 Å². The van der Waals surface area contributed by atoms with Gasteiger partial charge in [-0.1, -0.05) is 17.7 Å². The molecule has 0 spiro atoms. The number of pyridine rings is 2. The molecular formula is C26H20ClN5O2. The van der Waals surface area contributed by atoms with Crippen molar-refractivity contribution in [3.63, 3.8) is 0 Å². The van der Waals surface area contributed by atoms with E-state index in [0.717, 1.165) is 11.3 Å². The van der Waals surface area contributed by atoms with Crippen LogP contribution in [0.25, 0.3) is 17.0 Å². The lowest BCUT2D eigenvalue weighted by molar-refractivity contribution is -0.111. The maximum atomic E-state index is 12.6. The molecule has 0 fully saturated rings. The molecule has 0 aliphatic carbocycles. The van der Waals surface area contributed by atoms with Gasteiger partial charge in [-0.15, -0.1) is 0 Å². The third-order valence-corrected chi connectivity index (χ3v) is 5.12. The second-order valence-corrected chi connectivity index (χ2v) is 7.63. The summed E-state index contributed by atoms with van der Waals surface area (Å²) in [4.78, 5) is 21.1. The highest BCUT2D eigenvalue weighted by Gasteiger charge is 2.15. The van der Waals surface area contributed by atoms with Gasteiger partial charge in [0, 0.05) is 46.8 Å². The van der Waals surface area contributed by atoms with Crippen LogP contribution >= 0.6 is 11.6 Å². The average Bonchev–Trinajstić information content (AvgIpc) is 2.85. The average molecular weight is 470 g/mol. The minimum atomic E-state index is -0.333. The number of carbonyl (C=O) groups is 1. The molecule has 34 heavy (non-hydrogen) atoms. The van der Waals surface area contributed by atoms with Crippen LogP contribution in [0.5, 0.6) is 5.75 Å². The molecule has 0 saturated carbocycles. The summed E-state index contributed by atoms with van der Waals surface area (Å²) in [6.07, 6.45) is 7.93. The van der Waals surface area contributed by atoms with Crippen molar-refractivity contribution in [2.24, 2.45) is 0 Å². The molecule has 0 aliphatic rings. The largest absolute Gasteiger partial charge is 0.492 e. The number of hydrogen-bond donors (Lipinski definition) is 2. The predicted molar refractivity (Wildman–Crippen MR) is 134 cm³/mol. The van der Waals surface area contributed by atoms with Crippen molar-refractivity contribution in [2.75, 3.05) is 17.2 Å². The van der Waals surface area contributed by atoms with E-state index in [1.807, 2.05) is 25.1 Å². The van der Waals surface area contributed by atoms with Crippen molar-refractivity contribution < 1.29 is 9.53 Å². The Hall–Kier alpha value is -4.41. The molecule has 0 atom stereocenters. The van der Waals surface area contributed by atoms with E-state index < -0.39 is 0 Å². The minimum Gasteiger partial charge on any atom is -0.492 e. The molecule has 0 bridgehead atoms. The fourth-order valence-electron chi connectivity index (χ4n) is 3.31. The molecule has 8 heteroatoms. The van der Waals surface area contributed by atoms with E-state index in [9.17, 15) is 10.1 Å². The van der Waals surface area contributed by atoms with Crippen LogP contribution in [-0.4, -0.2) is 22.5 Å². The Kier molecular flexibility index (Phi) is 7.01. The van der Waals surface area contributed by atoms with Crippen LogP contribution in [0.2, 0.25) is 5.02 Å². The Morgan fingerprint density at radius 1 is 1.21 bits per heavy atom. The molecule has 7 nitrogen and oxygen atoms in total. The van der Waals surface area contributed by atoms with Crippen LogP contribution in [-0.2, 0) is 4.79 Å². The molecular weight excluding hydrogens is 450 g/mol. The van der Waals surface area contributed by atoms with Crippen molar-refractivity contribution in [3.05, 3.63) is 89.3 Å². The summed E-state index contributed by atoms with van der Waals surface area (Å²) in [5.41, 5.74) is 3.57. The maximum Gasteiger partial charge on any atom is 0.248 e. The van der Waals surface area contributed by atoms with Crippen LogP contribution in [0.15, 0.2) is 73.2 Å². The monoisotopic (exact) mass is 469 g/mol. The lowest BCUT2D eigenvalue weighted by atomic mass is 10.1. The summed E-state index contributed by atoms with van der Waals surface area (Å²) in [7, 11) is 0. The van der Waals surface area contributed by atoms with Crippen molar-refractivity contribution in [1.29, 1.82) is 5.26 Å². The minimum absolute atomic E-state index is 0.333. The number of nitrogens with zero attached hydrogens (tertiary/aromatic N) is 3. The van der Waals surface area contributed by atoms with E-state index in [2.05, 4.69) is 26.7 Å². The number of fused-ring (bicyclic) bond motifs is 1. The van der Waals surface area contributed by atoms with E-state index in [-0.39, 0.29) is 5.91 Å². The van der Waals surface area contributed by atoms with Gasteiger partial charge in [-0.25, -0.2) is 0 Å². The number of carbonyl (C=O) groups excluding carboxylic acids is 1. The highest BCUT2D eigenvalue weighted by atomic mass is 35.5. The quantitative estimate of drug-likeness (QED) is 0.324. The van der Waals surface area contributed by atoms with Gasteiger partial charge in [0.15, 0.2) is 0 Å². The van der Waals surface area contributed by atoms with E-state index in [1.165, 1.54) is 12.3 Å². The summed E-state index contributed by atoms with van der Waals surface area (Å²) < 4.78 is 5.75. The normalized spacial score (nSPS) is 10.7. The molecule has 0 aliphatic heterocycles. The van der Waals surface area contributed by atoms with Gasteiger partial charge in [0.1, 0.15) is 11.8 Å². The lowest BCUT2D eigenvalue weighted by Crippen LogP contribution is -2.10. The van der Waals surface area contributed by atoms with Crippen LogP contribution < -0.4 is 15.4 Å². The first-order valence-electron chi connectivity index (χ1n) is 10.5. The van der Waals surface area contributed by atoms with Gasteiger partial charge in [0.25, 0.3) is 0 Å². The fraction of sp³-hybridized carbons (Fsp3) is 0.0769. The molecule has 2 heterocycles. The summed E-state index contributed by atoms with van der Waals surface area (Å²) >= 11 is 6.00. The zero-order valence-electron chi connectivity index (χ0n) is 18.2. The van der Waals surface area contributed by atoms with Gasteiger partial charge in [0.05, 0.1) is 29.1 Å². The van der Waals surface area contributed by atoms with Gasteiger partial charge >= 0.3 is 0 Å². The third kappa shape index (κ3) is 5.31. The molecule has 2 aromatic carbocycles. The number of anilines is 3. The molecule has 2 N–H and O–H groups in total. The number of ether oxygens (including phenoxy) is 1. The molecule has 4 rings (SSSR count). The van der Waals surface area contributed by atoms with E-state index in [0.29, 0.717) is 45.2 Å². The summed E-state index contributed by atoms with van der Waals surface area (Å²) in [5, 5.41) is 17.1. The topological polar surface area (TPSA) is 99.9 Å². The third-order valence-electron chi connectivity index (χ3n) is 4.87. The number of amides is 1. The first kappa shape index (κ1) is 22.8. The highest BCUT2D eigenvalue weighted by Crippen LogP contribution is 2.36. The van der Waals surface area contributed by atoms with Crippen molar-refractivity contribution >= 4 is 51.5 Å². The van der Waals surface area contributed by atoms with Gasteiger partial charge in [0.2, 0.25) is 5.91 Å². The highest BCUT2D eigenvalue weighted by molar-refractivity contribution is 6.30. The zero-order valence-corrected chi connectivity index (χ0v) is 19.0. The first-order chi connectivity index (χ1) is 16.6. The molecule has 0 radical (unpaired) electrons. The van der Waals surface area contributed by atoms with Crippen molar-refractivity contribution in [1.82, 2.24) is 9.97 Å². The van der Waals surface area contributed by atoms with Crippen molar-refractivity contribution in [3.8, 4) is 11.8 Å². The Bertz CT molecular complexity index is 1400. The number of benzene rings is 2. The number of nitrogens with one attached hydrogen (secondary N) is 2. The number of hydrogen-bond acceptors (Lipinski definition) is 6. The molecule has 0 unspecified atom stereocenters. The van der Waals surface area contributed by atoms with Gasteiger partial charge in [-0.2, -0.15) is 5.26 Å². The van der Waals surface area contributed by atoms with Crippen LogP contribution in [0, 0.1) is 11.3 Å². The summed E-state index contributed by atoms with van der Waals surface area (Å²) in [5.74, 6) is 0.147. The molecule has 168 valence electrons. The van der Waals surface area contributed by atoms with Crippen LogP contribution in [0.3, 0.4) is 0 Å². The van der Waals surface area contributed by atoms with E-state index >= 15 is 0 Å². The SMILES string of the molecule is CCOc1cc2ncc(C#N)c(Nc3ccc(Cl)cc3)c2cc1NC(=O)/C=C/c1cccnc1. The summed E-state index contributed by atoms with van der Waals surface area (Å²) in [6.45, 7) is 2.27. The first-order valence-corrected chi connectivity index (χ1v) is 10.9. The second-order valence-electron chi connectivity index (χ2n) is 7.20. The zero-order chi connectivity index (χ0) is 23.9. The maximum absolute atomic E-state index is 12.6. The molecule has 1 amide bonds. The molecule has 2 aromatic heterocycles. The summed E-state index contributed by atoms with van der Waals surface area (Å²) in [6, 6.07) is 16.5. The predicted octanol–water partition coefficient (Wildman–Crippen LogP) is 5.95. The Balaban J connectivity index is 1.73. The van der Waals surface area contributed by atoms with Crippen molar-refractivity contribution in [2.45, 2.75) is 6.92 Å². The van der Waals surface area contributed by atoms with E-state index in [1.54, 1.807) is 48.8 Å². The van der Waals surface area contributed by atoms with Crippen LogP contribution in [0.4, 0.5) is 17.1 Å². The number of aromatic nitrogens is 2.